The maximum atomic E-state index is 14.1. The minimum Gasteiger partial charge on any atom is -0.354 e. The number of sulfonamides is 1. The topological polar surface area (TPSA) is 86.8 Å². The van der Waals surface area contributed by atoms with E-state index in [0.717, 1.165) is 21.9 Å². The van der Waals surface area contributed by atoms with Crippen molar-refractivity contribution in [3.05, 3.63) is 94.5 Å². The Morgan fingerprint density at radius 3 is 2.23 bits per heavy atom. The summed E-state index contributed by atoms with van der Waals surface area (Å²) < 4.78 is 28.9. The molecular weight excluding hydrogens is 534 g/mol. The first-order valence-electron chi connectivity index (χ1n) is 13.0. The van der Waals surface area contributed by atoms with Gasteiger partial charge in [-0.05, 0) is 62.1 Å². The Morgan fingerprint density at radius 2 is 1.62 bits per heavy atom. The number of anilines is 1. The van der Waals surface area contributed by atoms with Gasteiger partial charge < -0.3 is 10.2 Å². The number of hydrogen-bond donors (Lipinski definition) is 1. The molecule has 39 heavy (non-hydrogen) atoms. The highest BCUT2D eigenvalue weighted by atomic mass is 35.5. The second-order valence-corrected chi connectivity index (χ2v) is 11.8. The van der Waals surface area contributed by atoms with Gasteiger partial charge in [0.05, 0.1) is 10.6 Å². The lowest BCUT2D eigenvalue weighted by molar-refractivity contribution is -0.140. The Kier molecular flexibility index (Phi) is 10.5. The number of carbonyl (C=O) groups excluding carboxylic acids is 2. The van der Waals surface area contributed by atoms with Crippen molar-refractivity contribution in [2.45, 2.75) is 58.0 Å². The van der Waals surface area contributed by atoms with Gasteiger partial charge in [-0.1, -0.05) is 79.5 Å². The molecule has 0 aliphatic heterocycles. The van der Waals surface area contributed by atoms with E-state index in [9.17, 15) is 18.0 Å². The molecule has 0 aliphatic carbocycles. The van der Waals surface area contributed by atoms with E-state index >= 15 is 0 Å². The highest BCUT2D eigenvalue weighted by Gasteiger charge is 2.34. The quantitative estimate of drug-likeness (QED) is 0.313. The van der Waals surface area contributed by atoms with Crippen LogP contribution in [-0.2, 0) is 26.2 Å². The fraction of sp³-hybridized carbons (Fsp3) is 0.333. The van der Waals surface area contributed by atoms with Gasteiger partial charge in [0, 0.05) is 18.1 Å². The molecule has 9 heteroatoms. The van der Waals surface area contributed by atoms with E-state index in [2.05, 4.69) is 5.32 Å². The van der Waals surface area contributed by atoms with E-state index in [1.165, 1.54) is 17.0 Å². The van der Waals surface area contributed by atoms with Gasteiger partial charge in [-0.15, -0.1) is 0 Å². The number of amides is 2. The monoisotopic (exact) mass is 569 g/mol. The molecule has 3 aromatic carbocycles. The van der Waals surface area contributed by atoms with Crippen molar-refractivity contribution in [2.75, 3.05) is 17.4 Å². The van der Waals surface area contributed by atoms with Gasteiger partial charge >= 0.3 is 0 Å². The van der Waals surface area contributed by atoms with E-state index in [1.807, 2.05) is 45.0 Å². The van der Waals surface area contributed by atoms with Gasteiger partial charge in [-0.25, -0.2) is 8.42 Å². The van der Waals surface area contributed by atoms with E-state index < -0.39 is 28.5 Å². The van der Waals surface area contributed by atoms with Crippen molar-refractivity contribution in [1.82, 2.24) is 10.2 Å². The van der Waals surface area contributed by atoms with Gasteiger partial charge in [-0.3, -0.25) is 13.9 Å². The lowest BCUT2D eigenvalue weighted by atomic mass is 10.1. The van der Waals surface area contributed by atoms with E-state index in [0.29, 0.717) is 29.2 Å². The van der Waals surface area contributed by atoms with E-state index in [-0.39, 0.29) is 17.3 Å². The van der Waals surface area contributed by atoms with Gasteiger partial charge in [-0.2, -0.15) is 0 Å². The van der Waals surface area contributed by atoms with Crippen molar-refractivity contribution in [2.24, 2.45) is 0 Å². The van der Waals surface area contributed by atoms with Crippen LogP contribution in [0.5, 0.6) is 0 Å². The van der Waals surface area contributed by atoms with Gasteiger partial charge in [0.25, 0.3) is 10.0 Å². The van der Waals surface area contributed by atoms with Crippen molar-refractivity contribution in [1.29, 1.82) is 0 Å². The average molecular weight is 570 g/mol. The molecule has 0 aromatic heterocycles. The van der Waals surface area contributed by atoms with Crippen LogP contribution in [0.25, 0.3) is 0 Å². The molecule has 0 aliphatic rings. The SMILES string of the molecule is CCCNC(=O)C(CC)N(Cc1ccc(C)cc1)C(=O)CN(c1cc(Cl)ccc1C)S(=O)(=O)c1ccccc1. The van der Waals surface area contributed by atoms with Gasteiger partial charge in [0.15, 0.2) is 0 Å². The molecule has 3 aromatic rings. The van der Waals surface area contributed by atoms with Crippen LogP contribution >= 0.6 is 11.6 Å². The first-order valence-corrected chi connectivity index (χ1v) is 14.9. The maximum Gasteiger partial charge on any atom is 0.264 e. The van der Waals surface area contributed by atoms with Crippen LogP contribution in [0, 0.1) is 13.8 Å². The fourth-order valence-electron chi connectivity index (χ4n) is 4.26. The summed E-state index contributed by atoms with van der Waals surface area (Å²) in [5.74, 6) is -0.760. The van der Waals surface area contributed by atoms with Crippen LogP contribution in [0.4, 0.5) is 5.69 Å². The molecule has 1 unspecified atom stereocenters. The molecule has 2 amide bonds. The summed E-state index contributed by atoms with van der Waals surface area (Å²) >= 11 is 6.27. The van der Waals surface area contributed by atoms with Crippen molar-refractivity contribution in [3.63, 3.8) is 0 Å². The Morgan fingerprint density at radius 1 is 0.949 bits per heavy atom. The van der Waals surface area contributed by atoms with Gasteiger partial charge in [0.2, 0.25) is 11.8 Å². The number of rotatable bonds is 12. The molecule has 3 rings (SSSR count). The lowest BCUT2D eigenvalue weighted by Gasteiger charge is -2.33. The molecule has 0 heterocycles. The van der Waals surface area contributed by atoms with Crippen LogP contribution in [0.2, 0.25) is 5.02 Å². The standard InChI is InChI=1S/C30H36ClN3O4S/c1-5-18-32-30(36)27(6-2)33(20-24-15-12-22(3)13-16-24)29(35)21-34(28-19-25(31)17-14-23(28)4)39(37,38)26-10-8-7-9-11-26/h7-17,19,27H,5-6,18,20-21H2,1-4H3,(H,32,36). The number of benzene rings is 3. The Hall–Kier alpha value is -3.36. The molecule has 1 atom stereocenters. The predicted molar refractivity (Wildman–Crippen MR) is 156 cm³/mol. The lowest BCUT2D eigenvalue weighted by Crippen LogP contribution is -2.52. The minimum absolute atomic E-state index is 0.0509. The van der Waals surface area contributed by atoms with Crippen LogP contribution in [0.3, 0.4) is 0 Å². The predicted octanol–water partition coefficient (Wildman–Crippen LogP) is 5.49. The maximum absolute atomic E-state index is 14.1. The van der Waals surface area contributed by atoms with Crippen LogP contribution < -0.4 is 9.62 Å². The smallest absolute Gasteiger partial charge is 0.264 e. The molecule has 0 radical (unpaired) electrons. The minimum atomic E-state index is -4.14. The van der Waals surface area contributed by atoms with Crippen LogP contribution in [0.15, 0.2) is 77.7 Å². The number of halogens is 1. The number of carbonyl (C=O) groups is 2. The summed E-state index contributed by atoms with van der Waals surface area (Å²) in [6.07, 6.45) is 1.13. The third-order valence-electron chi connectivity index (χ3n) is 6.46. The van der Waals surface area contributed by atoms with E-state index in [1.54, 1.807) is 43.3 Å². The summed E-state index contributed by atoms with van der Waals surface area (Å²) in [6, 6.07) is 19.8. The third kappa shape index (κ3) is 7.61. The number of hydrogen-bond acceptors (Lipinski definition) is 4. The molecule has 1 N–H and O–H groups in total. The summed E-state index contributed by atoms with van der Waals surface area (Å²) in [7, 11) is -4.14. The normalized spacial score (nSPS) is 12.0. The highest BCUT2D eigenvalue weighted by Crippen LogP contribution is 2.30. The average Bonchev–Trinajstić information content (AvgIpc) is 2.93. The van der Waals surface area contributed by atoms with Crippen molar-refractivity contribution < 1.29 is 18.0 Å². The first kappa shape index (κ1) is 30.2. The molecule has 7 nitrogen and oxygen atoms in total. The summed E-state index contributed by atoms with van der Waals surface area (Å²) in [4.78, 5) is 28.7. The highest BCUT2D eigenvalue weighted by molar-refractivity contribution is 7.92. The molecule has 0 spiro atoms. The van der Waals surface area contributed by atoms with Crippen molar-refractivity contribution in [3.8, 4) is 0 Å². The summed E-state index contributed by atoms with van der Waals surface area (Å²) in [5, 5.41) is 3.23. The van der Waals surface area contributed by atoms with Crippen LogP contribution in [0.1, 0.15) is 43.4 Å². The molecule has 208 valence electrons. The zero-order valence-electron chi connectivity index (χ0n) is 22.9. The van der Waals surface area contributed by atoms with E-state index in [4.69, 9.17) is 11.6 Å². The number of nitrogens with one attached hydrogen (secondary N) is 1. The zero-order valence-corrected chi connectivity index (χ0v) is 24.4. The Labute approximate surface area is 236 Å². The number of nitrogens with zero attached hydrogens (tertiary/aromatic N) is 2. The first-order chi connectivity index (χ1) is 18.6. The van der Waals surface area contributed by atoms with Crippen LogP contribution in [-0.4, -0.2) is 44.3 Å². The Balaban J connectivity index is 2.07. The molecule has 0 saturated carbocycles. The largest absolute Gasteiger partial charge is 0.354 e. The summed E-state index contributed by atoms with van der Waals surface area (Å²) in [6.45, 7) is 7.67. The Bertz CT molecular complexity index is 1380. The molecule has 0 saturated heterocycles. The third-order valence-corrected chi connectivity index (χ3v) is 8.47. The van der Waals surface area contributed by atoms with Crippen molar-refractivity contribution >= 4 is 39.1 Å². The molecule has 0 bridgehead atoms. The molecular formula is C30H36ClN3O4S. The molecule has 0 fully saturated rings. The fourth-order valence-corrected chi connectivity index (χ4v) is 5.92. The second-order valence-electron chi connectivity index (χ2n) is 9.48. The zero-order chi connectivity index (χ0) is 28.6. The van der Waals surface area contributed by atoms with Gasteiger partial charge in [0.1, 0.15) is 12.6 Å². The second kappa shape index (κ2) is 13.6. The number of aryl methyl sites for hydroxylation is 2. The summed E-state index contributed by atoms with van der Waals surface area (Å²) in [5.41, 5.74) is 2.86.